The van der Waals surface area contributed by atoms with Gasteiger partial charge in [-0.25, -0.2) is 0 Å². The zero-order valence-electron chi connectivity index (χ0n) is 17.6. The van der Waals surface area contributed by atoms with E-state index in [4.69, 9.17) is 16.3 Å². The van der Waals surface area contributed by atoms with Crippen LogP contribution in [0.5, 0.6) is 5.75 Å². The van der Waals surface area contributed by atoms with Crippen LogP contribution in [0, 0.1) is 0 Å². The molecule has 1 N–H and O–H groups in total. The summed E-state index contributed by atoms with van der Waals surface area (Å²) in [6.07, 6.45) is 5.15. The molecule has 0 aromatic heterocycles. The van der Waals surface area contributed by atoms with Gasteiger partial charge in [-0.05, 0) is 80.1 Å². The van der Waals surface area contributed by atoms with E-state index in [0.717, 1.165) is 36.0 Å². The summed E-state index contributed by atoms with van der Waals surface area (Å²) in [6, 6.07) is 16.3. The number of thioether (sulfide) groups is 1. The number of benzene rings is 2. The fourth-order valence-corrected chi connectivity index (χ4v) is 4.75. The third-order valence-electron chi connectivity index (χ3n) is 5.46. The average molecular weight is 447 g/mol. The molecule has 1 fully saturated rings. The van der Waals surface area contributed by atoms with Gasteiger partial charge in [-0.3, -0.25) is 9.69 Å². The quantitative estimate of drug-likeness (QED) is 0.383. The smallest absolute Gasteiger partial charge is 0.220 e. The Labute approximate surface area is 189 Å². The number of nitrogens with zero attached hydrogens (tertiary/aromatic N) is 1. The van der Waals surface area contributed by atoms with Gasteiger partial charge in [-0.1, -0.05) is 30.2 Å². The van der Waals surface area contributed by atoms with Crippen molar-refractivity contribution in [3.8, 4) is 5.75 Å². The maximum absolute atomic E-state index is 12.4. The Morgan fingerprint density at radius 3 is 2.47 bits per heavy atom. The Morgan fingerprint density at radius 2 is 1.80 bits per heavy atom. The highest BCUT2D eigenvalue weighted by Crippen LogP contribution is 2.26. The number of halogens is 1. The fourth-order valence-electron chi connectivity index (χ4n) is 3.77. The van der Waals surface area contributed by atoms with Crippen molar-refractivity contribution in [2.75, 3.05) is 32.5 Å². The van der Waals surface area contributed by atoms with E-state index in [2.05, 4.69) is 22.3 Å². The number of rotatable bonds is 10. The Bertz CT molecular complexity index is 777. The van der Waals surface area contributed by atoms with Gasteiger partial charge >= 0.3 is 0 Å². The summed E-state index contributed by atoms with van der Waals surface area (Å²) >= 11 is 7.68. The number of carbonyl (C=O) groups excluding carboxylic acids is 1. The third-order valence-corrected chi connectivity index (χ3v) is 6.81. The Balaban J connectivity index is 1.47. The Morgan fingerprint density at radius 1 is 1.10 bits per heavy atom. The number of ether oxygens (including phenoxy) is 1. The molecule has 0 radical (unpaired) electrons. The normalized spacial score (nSPS) is 15.5. The molecule has 1 heterocycles. The minimum atomic E-state index is 0.127. The van der Waals surface area contributed by atoms with Gasteiger partial charge in [-0.2, -0.15) is 0 Å². The second-order valence-electron chi connectivity index (χ2n) is 7.60. The van der Waals surface area contributed by atoms with Crippen molar-refractivity contribution in [2.45, 2.75) is 43.0 Å². The van der Waals surface area contributed by atoms with Gasteiger partial charge in [0.05, 0.1) is 13.2 Å². The summed E-state index contributed by atoms with van der Waals surface area (Å²) in [7, 11) is 1.68. The maximum Gasteiger partial charge on any atom is 0.220 e. The molecular formula is C24H31ClN2O2S. The van der Waals surface area contributed by atoms with Crippen molar-refractivity contribution in [3.63, 3.8) is 0 Å². The minimum Gasteiger partial charge on any atom is -0.497 e. The maximum atomic E-state index is 12.4. The molecular weight excluding hydrogens is 416 g/mol. The van der Waals surface area contributed by atoms with E-state index in [9.17, 15) is 4.79 Å². The lowest BCUT2D eigenvalue weighted by atomic mass is 10.0. The second-order valence-corrected chi connectivity index (χ2v) is 9.20. The molecule has 30 heavy (non-hydrogen) atoms. The molecule has 1 aliphatic heterocycles. The topological polar surface area (TPSA) is 41.6 Å². The number of hydrogen-bond donors (Lipinski definition) is 1. The summed E-state index contributed by atoms with van der Waals surface area (Å²) in [5.41, 5.74) is 1.23. The SMILES string of the molecule is COc1ccc([C@H](CNC(=O)CCCSc2ccc(Cl)cc2)N2CCCCC2)cc1. The number of nitrogens with one attached hydrogen (secondary N) is 1. The van der Waals surface area contributed by atoms with Crippen molar-refractivity contribution in [2.24, 2.45) is 0 Å². The molecule has 0 bridgehead atoms. The first-order valence-corrected chi connectivity index (χ1v) is 12.0. The van der Waals surface area contributed by atoms with Crippen LogP contribution in [-0.4, -0.2) is 43.3 Å². The van der Waals surface area contributed by atoms with Crippen LogP contribution in [0.4, 0.5) is 0 Å². The first-order valence-electron chi connectivity index (χ1n) is 10.7. The molecule has 4 nitrogen and oxygen atoms in total. The van der Waals surface area contributed by atoms with Gasteiger partial charge in [0.1, 0.15) is 5.75 Å². The van der Waals surface area contributed by atoms with Gasteiger partial charge in [0.15, 0.2) is 0 Å². The van der Waals surface area contributed by atoms with E-state index >= 15 is 0 Å². The number of methoxy groups -OCH3 is 1. The lowest BCUT2D eigenvalue weighted by molar-refractivity contribution is -0.121. The van der Waals surface area contributed by atoms with Gasteiger partial charge in [0, 0.05) is 22.9 Å². The first kappa shape index (κ1) is 23.0. The van der Waals surface area contributed by atoms with Crippen LogP contribution in [0.2, 0.25) is 5.02 Å². The summed E-state index contributed by atoms with van der Waals surface area (Å²) < 4.78 is 5.29. The zero-order valence-corrected chi connectivity index (χ0v) is 19.2. The Hall–Kier alpha value is -1.69. The minimum absolute atomic E-state index is 0.127. The van der Waals surface area contributed by atoms with Crippen LogP contribution in [0.25, 0.3) is 0 Å². The molecule has 6 heteroatoms. The van der Waals surface area contributed by atoms with Crippen LogP contribution < -0.4 is 10.1 Å². The number of amides is 1. The predicted molar refractivity (Wildman–Crippen MR) is 126 cm³/mol. The lowest BCUT2D eigenvalue weighted by Gasteiger charge is -2.35. The molecule has 0 saturated carbocycles. The van der Waals surface area contributed by atoms with E-state index < -0.39 is 0 Å². The van der Waals surface area contributed by atoms with E-state index in [1.54, 1.807) is 18.9 Å². The van der Waals surface area contributed by atoms with E-state index in [1.165, 1.54) is 29.7 Å². The van der Waals surface area contributed by atoms with E-state index in [1.807, 2.05) is 36.4 Å². The van der Waals surface area contributed by atoms with E-state index in [-0.39, 0.29) is 11.9 Å². The Kier molecular flexibility index (Phi) is 9.37. The fraction of sp³-hybridized carbons (Fsp3) is 0.458. The third kappa shape index (κ3) is 7.22. The molecule has 162 valence electrons. The highest BCUT2D eigenvalue weighted by Gasteiger charge is 2.22. The summed E-state index contributed by atoms with van der Waals surface area (Å²) in [5, 5.41) is 3.92. The predicted octanol–water partition coefficient (Wildman–Crippen LogP) is 5.56. The molecule has 0 spiro atoms. The molecule has 1 atom stereocenters. The molecule has 2 aromatic rings. The molecule has 0 unspecified atom stereocenters. The summed E-state index contributed by atoms with van der Waals surface area (Å²) in [6.45, 7) is 2.82. The van der Waals surface area contributed by atoms with Crippen LogP contribution in [-0.2, 0) is 4.79 Å². The largest absolute Gasteiger partial charge is 0.497 e. The molecule has 0 aliphatic carbocycles. The molecule has 1 saturated heterocycles. The summed E-state index contributed by atoms with van der Waals surface area (Å²) in [4.78, 5) is 16.1. The lowest BCUT2D eigenvalue weighted by Crippen LogP contribution is -2.40. The standard InChI is InChI=1S/C24H31ClN2O2S/c1-29-21-11-7-19(8-12-21)23(27-15-3-2-4-16-27)18-26-24(28)6-5-17-30-22-13-9-20(25)10-14-22/h7-14,23H,2-6,15-18H2,1H3,(H,26,28)/t23-/m0/s1. The van der Waals surface area contributed by atoms with Gasteiger partial charge in [0.2, 0.25) is 5.91 Å². The summed E-state index contributed by atoms with van der Waals surface area (Å²) in [5.74, 6) is 1.91. The van der Waals surface area contributed by atoms with Crippen LogP contribution in [0.3, 0.4) is 0 Å². The molecule has 3 rings (SSSR count). The molecule has 1 amide bonds. The van der Waals surface area contributed by atoms with Crippen molar-refractivity contribution >= 4 is 29.3 Å². The number of hydrogen-bond acceptors (Lipinski definition) is 4. The van der Waals surface area contributed by atoms with E-state index in [0.29, 0.717) is 13.0 Å². The number of piperidine rings is 1. The van der Waals surface area contributed by atoms with Crippen molar-refractivity contribution in [1.82, 2.24) is 10.2 Å². The number of likely N-dealkylation sites (tertiary alicyclic amines) is 1. The monoisotopic (exact) mass is 446 g/mol. The van der Waals surface area contributed by atoms with Crippen LogP contribution >= 0.6 is 23.4 Å². The first-order chi connectivity index (χ1) is 14.7. The zero-order chi connectivity index (χ0) is 21.2. The highest BCUT2D eigenvalue weighted by atomic mass is 35.5. The average Bonchev–Trinajstić information content (AvgIpc) is 2.79. The molecule has 1 aliphatic rings. The van der Waals surface area contributed by atoms with Crippen molar-refractivity contribution < 1.29 is 9.53 Å². The van der Waals surface area contributed by atoms with Gasteiger partial charge in [-0.15, -0.1) is 11.8 Å². The van der Waals surface area contributed by atoms with Crippen LogP contribution in [0.1, 0.15) is 43.7 Å². The van der Waals surface area contributed by atoms with Crippen molar-refractivity contribution in [3.05, 3.63) is 59.1 Å². The highest BCUT2D eigenvalue weighted by molar-refractivity contribution is 7.99. The number of carbonyl (C=O) groups is 1. The second kappa shape index (κ2) is 12.2. The van der Waals surface area contributed by atoms with Crippen LogP contribution in [0.15, 0.2) is 53.4 Å². The van der Waals surface area contributed by atoms with Gasteiger partial charge in [0.25, 0.3) is 0 Å². The molecule has 2 aromatic carbocycles. The van der Waals surface area contributed by atoms with Gasteiger partial charge < -0.3 is 10.1 Å². The van der Waals surface area contributed by atoms with Crippen molar-refractivity contribution in [1.29, 1.82) is 0 Å².